The summed E-state index contributed by atoms with van der Waals surface area (Å²) in [6.07, 6.45) is -0.630. The van der Waals surface area contributed by atoms with Gasteiger partial charge in [-0.05, 0) is 5.92 Å². The van der Waals surface area contributed by atoms with Crippen LogP contribution in [0.5, 0.6) is 0 Å². The van der Waals surface area contributed by atoms with Crippen LogP contribution in [0.2, 0.25) is 0 Å². The summed E-state index contributed by atoms with van der Waals surface area (Å²) in [7, 11) is -2.89. The smallest absolute Gasteiger partial charge is 0.153 e. The van der Waals surface area contributed by atoms with Crippen LogP contribution >= 0.6 is 0 Å². The minimum absolute atomic E-state index is 0.0475. The van der Waals surface area contributed by atoms with E-state index in [1.807, 2.05) is 0 Å². The molecule has 1 heterocycles. The lowest BCUT2D eigenvalue weighted by molar-refractivity contribution is 0.159. The first-order valence-corrected chi connectivity index (χ1v) is 4.72. The van der Waals surface area contributed by atoms with Gasteiger partial charge in [-0.1, -0.05) is 6.92 Å². The molecule has 0 aliphatic carbocycles. The fourth-order valence-electron chi connectivity index (χ4n) is 1.00. The molecule has 0 spiro atoms. The number of sulfone groups is 1. The van der Waals surface area contributed by atoms with Crippen molar-refractivity contribution in [1.82, 2.24) is 0 Å². The minimum atomic E-state index is -2.89. The first kappa shape index (κ1) is 7.02. The Bertz CT molecular complexity index is 178. The second-order valence-electron chi connectivity index (χ2n) is 2.62. The van der Waals surface area contributed by atoms with E-state index >= 15 is 0 Å². The van der Waals surface area contributed by atoms with Crippen LogP contribution in [-0.4, -0.2) is 31.1 Å². The Labute approximate surface area is 54.6 Å². The van der Waals surface area contributed by atoms with Crippen LogP contribution in [0.3, 0.4) is 0 Å². The van der Waals surface area contributed by atoms with Gasteiger partial charge < -0.3 is 5.11 Å². The van der Waals surface area contributed by atoms with E-state index in [1.54, 1.807) is 6.92 Å². The van der Waals surface area contributed by atoms with Crippen molar-refractivity contribution in [3.05, 3.63) is 0 Å². The van der Waals surface area contributed by atoms with Crippen molar-refractivity contribution < 1.29 is 13.5 Å². The van der Waals surface area contributed by atoms with E-state index in [9.17, 15) is 8.42 Å². The van der Waals surface area contributed by atoms with Crippen LogP contribution in [0.1, 0.15) is 6.92 Å². The number of rotatable bonds is 0. The first-order valence-electron chi connectivity index (χ1n) is 2.90. The number of aliphatic hydroxyl groups excluding tert-OH is 1. The fourth-order valence-corrected chi connectivity index (χ4v) is 3.01. The molecular weight excluding hydrogens is 140 g/mol. The summed E-state index contributed by atoms with van der Waals surface area (Å²) in [6.45, 7) is 1.75. The number of aliphatic hydroxyl groups is 1. The van der Waals surface area contributed by atoms with Crippen molar-refractivity contribution in [3.8, 4) is 0 Å². The van der Waals surface area contributed by atoms with Crippen molar-refractivity contribution in [2.45, 2.75) is 13.0 Å². The highest BCUT2D eigenvalue weighted by atomic mass is 32.2. The highest BCUT2D eigenvalue weighted by Crippen LogP contribution is 2.17. The predicted molar refractivity (Wildman–Crippen MR) is 33.8 cm³/mol. The summed E-state index contributed by atoms with van der Waals surface area (Å²) in [5.41, 5.74) is 0. The highest BCUT2D eigenvalue weighted by Gasteiger charge is 2.32. The van der Waals surface area contributed by atoms with Gasteiger partial charge in [0.2, 0.25) is 0 Å². The van der Waals surface area contributed by atoms with E-state index < -0.39 is 15.9 Å². The molecule has 4 heteroatoms. The lowest BCUT2D eigenvalue weighted by atomic mass is 10.1. The molecule has 0 unspecified atom stereocenters. The predicted octanol–water partition coefficient (Wildman–Crippen LogP) is -0.588. The van der Waals surface area contributed by atoms with Crippen LogP contribution in [0.15, 0.2) is 0 Å². The molecule has 1 fully saturated rings. The van der Waals surface area contributed by atoms with Crippen molar-refractivity contribution in [2.24, 2.45) is 5.92 Å². The van der Waals surface area contributed by atoms with E-state index in [1.165, 1.54) is 0 Å². The minimum Gasteiger partial charge on any atom is -0.392 e. The van der Waals surface area contributed by atoms with Crippen LogP contribution in [-0.2, 0) is 9.84 Å². The molecule has 0 saturated carbocycles. The van der Waals surface area contributed by atoms with E-state index in [0.29, 0.717) is 0 Å². The molecule has 1 rings (SSSR count). The second kappa shape index (κ2) is 1.95. The SMILES string of the molecule is C[C@@H]1CS(=O)(=O)C[C@@H]1O. The van der Waals surface area contributed by atoms with Gasteiger partial charge >= 0.3 is 0 Å². The van der Waals surface area contributed by atoms with Crippen molar-refractivity contribution in [3.63, 3.8) is 0 Å². The van der Waals surface area contributed by atoms with Crippen molar-refractivity contribution in [1.29, 1.82) is 0 Å². The van der Waals surface area contributed by atoms with Crippen LogP contribution in [0.4, 0.5) is 0 Å². The summed E-state index contributed by atoms with van der Waals surface area (Å²) in [6, 6.07) is 0. The summed E-state index contributed by atoms with van der Waals surface area (Å²) in [5, 5.41) is 8.95. The maximum absolute atomic E-state index is 10.7. The molecule has 3 nitrogen and oxygen atoms in total. The summed E-state index contributed by atoms with van der Waals surface area (Å²) in [4.78, 5) is 0. The third-order valence-electron chi connectivity index (χ3n) is 1.60. The normalized spacial score (nSPS) is 41.1. The number of hydrogen-bond donors (Lipinski definition) is 1. The lowest BCUT2D eigenvalue weighted by Crippen LogP contribution is -2.13. The molecule has 1 saturated heterocycles. The van der Waals surface area contributed by atoms with Gasteiger partial charge in [-0.2, -0.15) is 0 Å². The molecule has 0 radical (unpaired) electrons. The third-order valence-corrected chi connectivity index (χ3v) is 3.48. The molecule has 0 aromatic carbocycles. The number of hydrogen-bond acceptors (Lipinski definition) is 3. The molecule has 0 aromatic rings. The fraction of sp³-hybridized carbons (Fsp3) is 1.00. The van der Waals surface area contributed by atoms with Crippen LogP contribution in [0.25, 0.3) is 0 Å². The second-order valence-corrected chi connectivity index (χ2v) is 4.78. The Kier molecular flexibility index (Phi) is 1.52. The summed E-state index contributed by atoms with van der Waals surface area (Å²) < 4.78 is 21.4. The van der Waals surface area contributed by atoms with Gasteiger partial charge in [0.1, 0.15) is 0 Å². The zero-order valence-electron chi connectivity index (χ0n) is 5.24. The molecule has 0 amide bonds. The monoisotopic (exact) mass is 150 g/mol. The van der Waals surface area contributed by atoms with Crippen LogP contribution < -0.4 is 0 Å². The van der Waals surface area contributed by atoms with Gasteiger partial charge in [0, 0.05) is 0 Å². The molecule has 0 bridgehead atoms. The summed E-state index contributed by atoms with van der Waals surface area (Å²) >= 11 is 0. The average Bonchev–Trinajstić information content (AvgIpc) is 1.79. The molecule has 54 valence electrons. The average molecular weight is 150 g/mol. The van der Waals surface area contributed by atoms with E-state index in [-0.39, 0.29) is 17.4 Å². The zero-order chi connectivity index (χ0) is 7.07. The van der Waals surface area contributed by atoms with Crippen molar-refractivity contribution >= 4 is 9.84 Å². The Morgan fingerprint density at radius 3 is 2.11 bits per heavy atom. The molecule has 1 N–H and O–H groups in total. The Morgan fingerprint density at radius 2 is 2.00 bits per heavy atom. The van der Waals surface area contributed by atoms with Gasteiger partial charge in [0.05, 0.1) is 17.6 Å². The molecule has 1 aliphatic rings. The maximum Gasteiger partial charge on any atom is 0.153 e. The Balaban J connectivity index is 2.77. The molecule has 1 aliphatic heterocycles. The van der Waals surface area contributed by atoms with E-state index in [4.69, 9.17) is 5.11 Å². The van der Waals surface area contributed by atoms with E-state index in [0.717, 1.165) is 0 Å². The zero-order valence-corrected chi connectivity index (χ0v) is 6.06. The Morgan fingerprint density at radius 1 is 1.44 bits per heavy atom. The van der Waals surface area contributed by atoms with Gasteiger partial charge in [-0.15, -0.1) is 0 Å². The molecule has 2 atom stereocenters. The standard InChI is InChI=1S/C5H10O3S/c1-4-2-9(7,8)3-5(4)6/h4-6H,2-3H2,1H3/t4-,5+/m1/s1. The molecular formula is C5H10O3S. The maximum atomic E-state index is 10.7. The topological polar surface area (TPSA) is 54.4 Å². The Hall–Kier alpha value is -0.0900. The van der Waals surface area contributed by atoms with Gasteiger partial charge in [-0.25, -0.2) is 8.42 Å². The molecule has 0 aromatic heterocycles. The summed E-state index contributed by atoms with van der Waals surface area (Å²) in [5.74, 6) is 0.0255. The highest BCUT2D eigenvalue weighted by molar-refractivity contribution is 7.91. The van der Waals surface area contributed by atoms with E-state index in [2.05, 4.69) is 0 Å². The van der Waals surface area contributed by atoms with Gasteiger partial charge in [-0.3, -0.25) is 0 Å². The van der Waals surface area contributed by atoms with Gasteiger partial charge in [0.15, 0.2) is 9.84 Å². The largest absolute Gasteiger partial charge is 0.392 e. The first-order chi connectivity index (χ1) is 4.01. The molecule has 9 heavy (non-hydrogen) atoms. The third kappa shape index (κ3) is 1.43. The lowest BCUT2D eigenvalue weighted by Gasteiger charge is -2.01. The quantitative estimate of drug-likeness (QED) is 0.502. The van der Waals surface area contributed by atoms with Crippen molar-refractivity contribution in [2.75, 3.05) is 11.5 Å². The van der Waals surface area contributed by atoms with Gasteiger partial charge in [0.25, 0.3) is 0 Å². The van der Waals surface area contributed by atoms with Crippen LogP contribution in [0, 0.1) is 5.92 Å².